The van der Waals surface area contributed by atoms with Gasteiger partial charge in [-0.25, -0.2) is 4.98 Å². The summed E-state index contributed by atoms with van der Waals surface area (Å²) >= 11 is 0. The number of fused-ring (bicyclic) bond motifs is 1. The fraction of sp³-hybridized carbons (Fsp3) is 0.684. The molecular weight excluding hydrogens is 314 g/mol. The van der Waals surface area contributed by atoms with E-state index in [4.69, 9.17) is 9.72 Å². The van der Waals surface area contributed by atoms with Crippen LogP contribution in [0.5, 0.6) is 0 Å². The maximum Gasteiger partial charge on any atom is 0.146 e. The summed E-state index contributed by atoms with van der Waals surface area (Å²) in [4.78, 5) is 9.67. The second kappa shape index (κ2) is 7.19. The number of hydrogen-bond donors (Lipinski definition) is 1. The number of hydrogen-bond acceptors (Lipinski definition) is 6. The van der Waals surface area contributed by atoms with Gasteiger partial charge >= 0.3 is 0 Å². The zero-order valence-corrected chi connectivity index (χ0v) is 15.1. The third-order valence-corrected chi connectivity index (χ3v) is 5.60. The molecule has 2 saturated heterocycles. The second-order valence-corrected chi connectivity index (χ2v) is 7.43. The molecule has 0 saturated carbocycles. The lowest BCUT2D eigenvalue weighted by atomic mass is 9.95. The van der Waals surface area contributed by atoms with Crippen LogP contribution in [0.4, 0.5) is 11.6 Å². The minimum absolute atomic E-state index is 0.241. The van der Waals surface area contributed by atoms with E-state index >= 15 is 0 Å². The molecule has 25 heavy (non-hydrogen) atoms. The van der Waals surface area contributed by atoms with E-state index < -0.39 is 0 Å². The normalized spacial score (nSPS) is 23.5. The Bertz CT molecular complexity index is 671. The van der Waals surface area contributed by atoms with Gasteiger partial charge in [0.25, 0.3) is 0 Å². The van der Waals surface area contributed by atoms with Crippen molar-refractivity contribution in [3.63, 3.8) is 0 Å². The van der Waals surface area contributed by atoms with Crippen molar-refractivity contribution in [3.8, 4) is 6.07 Å². The monoisotopic (exact) mass is 341 g/mol. The molecule has 134 valence electrons. The van der Waals surface area contributed by atoms with E-state index in [-0.39, 0.29) is 6.10 Å². The van der Waals surface area contributed by atoms with Gasteiger partial charge in [-0.05, 0) is 44.7 Å². The highest BCUT2D eigenvalue weighted by Crippen LogP contribution is 2.34. The Balaban J connectivity index is 1.69. The van der Waals surface area contributed by atoms with Crippen molar-refractivity contribution in [3.05, 3.63) is 16.7 Å². The summed E-state index contributed by atoms with van der Waals surface area (Å²) in [7, 11) is 2.15. The number of rotatable bonds is 4. The largest absolute Gasteiger partial charge is 0.376 e. The lowest BCUT2D eigenvalue weighted by Crippen LogP contribution is -2.32. The summed E-state index contributed by atoms with van der Waals surface area (Å²) in [5, 5.41) is 13.2. The van der Waals surface area contributed by atoms with Crippen LogP contribution in [-0.4, -0.2) is 55.8 Å². The average molecular weight is 341 g/mol. The Morgan fingerprint density at radius 3 is 2.80 bits per heavy atom. The minimum atomic E-state index is 0.241. The topological polar surface area (TPSA) is 64.4 Å². The first-order chi connectivity index (χ1) is 12.3. The number of pyridine rings is 1. The number of nitrogens with one attached hydrogen (secondary N) is 1. The van der Waals surface area contributed by atoms with Crippen molar-refractivity contribution >= 4 is 11.6 Å². The molecule has 0 aromatic carbocycles. The van der Waals surface area contributed by atoms with Crippen LogP contribution in [0.1, 0.15) is 42.4 Å². The molecule has 0 aliphatic carbocycles. The quantitative estimate of drug-likeness (QED) is 0.905. The summed E-state index contributed by atoms with van der Waals surface area (Å²) in [5.41, 5.74) is 3.20. The van der Waals surface area contributed by atoms with E-state index in [0.29, 0.717) is 0 Å². The summed E-state index contributed by atoms with van der Waals surface area (Å²) in [6.07, 6.45) is 5.83. The fourth-order valence-electron chi connectivity index (χ4n) is 4.21. The lowest BCUT2D eigenvalue weighted by Gasteiger charge is -2.31. The van der Waals surface area contributed by atoms with Crippen molar-refractivity contribution < 1.29 is 4.74 Å². The molecule has 6 heteroatoms. The van der Waals surface area contributed by atoms with Crippen LogP contribution >= 0.6 is 0 Å². The van der Waals surface area contributed by atoms with Crippen LogP contribution in [-0.2, 0) is 17.7 Å². The van der Waals surface area contributed by atoms with Gasteiger partial charge in [-0.2, -0.15) is 5.26 Å². The van der Waals surface area contributed by atoms with Gasteiger partial charge in [0, 0.05) is 44.9 Å². The molecule has 3 aliphatic heterocycles. The Morgan fingerprint density at radius 1 is 1.24 bits per heavy atom. The molecule has 1 N–H and O–H groups in total. The van der Waals surface area contributed by atoms with Gasteiger partial charge in [-0.1, -0.05) is 0 Å². The molecule has 4 rings (SSSR count). The van der Waals surface area contributed by atoms with Crippen LogP contribution in [0.15, 0.2) is 0 Å². The maximum absolute atomic E-state index is 9.80. The first-order valence-electron chi connectivity index (χ1n) is 9.51. The van der Waals surface area contributed by atoms with Crippen molar-refractivity contribution in [1.82, 2.24) is 9.88 Å². The molecule has 6 nitrogen and oxygen atoms in total. The van der Waals surface area contributed by atoms with E-state index in [2.05, 4.69) is 28.2 Å². The average Bonchev–Trinajstić information content (AvgIpc) is 3.32. The van der Waals surface area contributed by atoms with Gasteiger partial charge < -0.3 is 19.9 Å². The minimum Gasteiger partial charge on any atom is -0.376 e. The van der Waals surface area contributed by atoms with E-state index in [0.717, 1.165) is 75.8 Å². The van der Waals surface area contributed by atoms with Crippen LogP contribution in [0.3, 0.4) is 0 Å². The number of ether oxygens (including phenoxy) is 1. The smallest absolute Gasteiger partial charge is 0.146 e. The predicted molar refractivity (Wildman–Crippen MR) is 97.9 cm³/mol. The number of aromatic nitrogens is 1. The lowest BCUT2D eigenvalue weighted by molar-refractivity contribution is 0.120. The van der Waals surface area contributed by atoms with Crippen molar-refractivity contribution in [1.29, 1.82) is 5.26 Å². The van der Waals surface area contributed by atoms with E-state index in [1.165, 1.54) is 24.0 Å². The molecule has 1 aromatic rings. The molecule has 0 radical (unpaired) electrons. The second-order valence-electron chi connectivity index (χ2n) is 7.43. The Morgan fingerprint density at radius 2 is 2.08 bits per heavy atom. The van der Waals surface area contributed by atoms with Crippen LogP contribution in [0, 0.1) is 11.3 Å². The molecule has 1 aromatic heterocycles. The molecule has 1 unspecified atom stereocenters. The van der Waals surface area contributed by atoms with E-state index in [1.54, 1.807) is 0 Å². The maximum atomic E-state index is 9.80. The predicted octanol–water partition coefficient (Wildman–Crippen LogP) is 2.13. The van der Waals surface area contributed by atoms with Crippen LogP contribution in [0.25, 0.3) is 0 Å². The van der Waals surface area contributed by atoms with Gasteiger partial charge in [0.15, 0.2) is 0 Å². The number of anilines is 2. The highest BCUT2D eigenvalue weighted by molar-refractivity contribution is 5.67. The Kier molecular flexibility index (Phi) is 4.78. The van der Waals surface area contributed by atoms with Crippen molar-refractivity contribution in [2.24, 2.45) is 0 Å². The van der Waals surface area contributed by atoms with Crippen molar-refractivity contribution in [2.75, 3.05) is 50.1 Å². The molecule has 4 heterocycles. The molecule has 0 spiro atoms. The zero-order chi connectivity index (χ0) is 17.2. The van der Waals surface area contributed by atoms with E-state index in [1.807, 2.05) is 0 Å². The highest BCUT2D eigenvalue weighted by atomic mass is 16.5. The van der Waals surface area contributed by atoms with Crippen LogP contribution in [0.2, 0.25) is 0 Å². The van der Waals surface area contributed by atoms with Gasteiger partial charge in [-0.15, -0.1) is 0 Å². The standard InChI is InChI=1S/C19H27N5O/c1-23-9-6-15-16(11-20)18(21-12-14-5-4-10-25-14)22-19(17(15)13-23)24-7-2-3-8-24/h14H,2-10,12-13H2,1H3,(H,21,22). The third kappa shape index (κ3) is 3.31. The van der Waals surface area contributed by atoms with Gasteiger partial charge in [-0.3, -0.25) is 0 Å². The summed E-state index contributed by atoms with van der Waals surface area (Å²) in [5.74, 6) is 1.84. The summed E-state index contributed by atoms with van der Waals surface area (Å²) < 4.78 is 5.71. The SMILES string of the molecule is CN1CCc2c(C#N)c(NCC3CCCO3)nc(N3CCCC3)c2C1. The first kappa shape index (κ1) is 16.6. The molecule has 2 fully saturated rings. The number of likely N-dealkylation sites (N-methyl/N-ethyl adjacent to an activating group) is 1. The molecule has 0 amide bonds. The number of nitrogens with zero attached hydrogens (tertiary/aromatic N) is 4. The first-order valence-corrected chi connectivity index (χ1v) is 9.51. The van der Waals surface area contributed by atoms with Gasteiger partial charge in [0.05, 0.1) is 11.7 Å². The fourth-order valence-corrected chi connectivity index (χ4v) is 4.21. The van der Waals surface area contributed by atoms with Crippen molar-refractivity contribution in [2.45, 2.75) is 44.8 Å². The van der Waals surface area contributed by atoms with Crippen LogP contribution < -0.4 is 10.2 Å². The van der Waals surface area contributed by atoms with Gasteiger partial charge in [0.1, 0.15) is 17.7 Å². The molecule has 1 atom stereocenters. The molecule has 0 bridgehead atoms. The van der Waals surface area contributed by atoms with Gasteiger partial charge in [0.2, 0.25) is 0 Å². The number of nitriles is 1. The summed E-state index contributed by atoms with van der Waals surface area (Å²) in [6.45, 7) is 5.60. The highest BCUT2D eigenvalue weighted by Gasteiger charge is 2.28. The third-order valence-electron chi connectivity index (χ3n) is 5.60. The Hall–Kier alpha value is -1.84. The molecular formula is C19H27N5O. The zero-order valence-electron chi connectivity index (χ0n) is 15.1. The van der Waals surface area contributed by atoms with E-state index in [9.17, 15) is 5.26 Å². The summed E-state index contributed by atoms with van der Waals surface area (Å²) in [6, 6.07) is 2.43. The molecule has 3 aliphatic rings. The Labute approximate surface area is 149 Å².